The first kappa shape index (κ1) is 14.6. The molecule has 0 saturated carbocycles. The molecule has 1 unspecified atom stereocenters. The lowest BCUT2D eigenvalue weighted by molar-refractivity contribution is 0.225. The number of hydrogen-bond donors (Lipinski definition) is 1. The van der Waals surface area contributed by atoms with Crippen LogP contribution in [0.15, 0.2) is 48.8 Å². The molecule has 0 saturated heterocycles. The van der Waals surface area contributed by atoms with Crippen LogP contribution in [-0.4, -0.2) is 35.2 Å². The third-order valence-electron chi connectivity index (χ3n) is 3.30. The van der Waals surface area contributed by atoms with E-state index in [0.717, 1.165) is 17.7 Å². The van der Waals surface area contributed by atoms with E-state index in [1.807, 2.05) is 25.4 Å². The fourth-order valence-corrected chi connectivity index (χ4v) is 2.33. The van der Waals surface area contributed by atoms with Crippen LogP contribution in [0, 0.1) is 5.82 Å². The van der Waals surface area contributed by atoms with Crippen molar-refractivity contribution in [3.8, 4) is 0 Å². The van der Waals surface area contributed by atoms with E-state index in [2.05, 4.69) is 9.88 Å². The SMILES string of the molecule is CN(CCCO)C(c1ccc(F)cc1)c1cccnc1. The summed E-state index contributed by atoms with van der Waals surface area (Å²) in [6, 6.07) is 10.4. The van der Waals surface area contributed by atoms with Crippen LogP contribution in [0.25, 0.3) is 0 Å². The van der Waals surface area contributed by atoms with Gasteiger partial charge in [0, 0.05) is 25.5 Å². The molecule has 0 aliphatic heterocycles. The lowest BCUT2D eigenvalue weighted by Gasteiger charge is -2.28. The molecule has 0 spiro atoms. The van der Waals surface area contributed by atoms with Gasteiger partial charge in [-0.2, -0.15) is 0 Å². The lowest BCUT2D eigenvalue weighted by atomic mass is 9.98. The zero-order chi connectivity index (χ0) is 14.4. The molecule has 2 rings (SSSR count). The predicted octanol–water partition coefficient (Wildman–Crippen LogP) is 2.62. The average molecular weight is 274 g/mol. The van der Waals surface area contributed by atoms with Crippen molar-refractivity contribution in [3.05, 3.63) is 65.7 Å². The van der Waals surface area contributed by atoms with Gasteiger partial charge in [0.1, 0.15) is 5.82 Å². The maximum Gasteiger partial charge on any atom is 0.123 e. The molecule has 1 atom stereocenters. The minimum absolute atomic E-state index is 0.0100. The van der Waals surface area contributed by atoms with Crippen LogP contribution in [0.4, 0.5) is 4.39 Å². The number of aliphatic hydroxyl groups excluding tert-OH is 1. The molecule has 1 N–H and O–H groups in total. The van der Waals surface area contributed by atoms with E-state index >= 15 is 0 Å². The summed E-state index contributed by atoms with van der Waals surface area (Å²) in [5.74, 6) is -0.239. The van der Waals surface area contributed by atoms with Gasteiger partial charge in [0.2, 0.25) is 0 Å². The molecule has 20 heavy (non-hydrogen) atoms. The van der Waals surface area contributed by atoms with Crippen LogP contribution in [-0.2, 0) is 0 Å². The molecule has 0 amide bonds. The highest BCUT2D eigenvalue weighted by atomic mass is 19.1. The zero-order valence-corrected chi connectivity index (χ0v) is 11.5. The molecule has 1 aromatic carbocycles. The molecule has 0 fully saturated rings. The van der Waals surface area contributed by atoms with Crippen molar-refractivity contribution < 1.29 is 9.50 Å². The van der Waals surface area contributed by atoms with Gasteiger partial charge in [-0.15, -0.1) is 0 Å². The topological polar surface area (TPSA) is 36.4 Å². The average Bonchev–Trinajstić information content (AvgIpc) is 2.48. The van der Waals surface area contributed by atoms with Crippen molar-refractivity contribution in [1.82, 2.24) is 9.88 Å². The quantitative estimate of drug-likeness (QED) is 0.879. The molecular formula is C16H19FN2O. The van der Waals surface area contributed by atoms with Crippen LogP contribution in [0.1, 0.15) is 23.6 Å². The Balaban J connectivity index is 2.31. The van der Waals surface area contributed by atoms with Crippen LogP contribution < -0.4 is 0 Å². The molecule has 4 heteroatoms. The Kier molecular flexibility index (Phi) is 5.21. The van der Waals surface area contributed by atoms with Crippen molar-refractivity contribution in [2.45, 2.75) is 12.5 Å². The van der Waals surface area contributed by atoms with Crippen LogP contribution in [0.2, 0.25) is 0 Å². The van der Waals surface area contributed by atoms with Gasteiger partial charge >= 0.3 is 0 Å². The van der Waals surface area contributed by atoms with E-state index < -0.39 is 0 Å². The first-order valence-corrected chi connectivity index (χ1v) is 6.69. The maximum absolute atomic E-state index is 13.1. The summed E-state index contributed by atoms with van der Waals surface area (Å²) in [6.07, 6.45) is 4.26. The van der Waals surface area contributed by atoms with Gasteiger partial charge in [0.15, 0.2) is 0 Å². The summed E-state index contributed by atoms with van der Waals surface area (Å²) >= 11 is 0. The standard InChI is InChI=1S/C16H19FN2O/c1-19(10-3-11-20)16(14-4-2-9-18-12-14)13-5-7-15(17)8-6-13/h2,4-9,12,16,20H,3,10-11H2,1H3. The van der Waals surface area contributed by atoms with Crippen molar-refractivity contribution in [2.24, 2.45) is 0 Å². The van der Waals surface area contributed by atoms with Crippen molar-refractivity contribution >= 4 is 0 Å². The third kappa shape index (κ3) is 3.62. The second-order valence-electron chi connectivity index (χ2n) is 4.80. The Hall–Kier alpha value is -1.78. The number of nitrogens with zero attached hydrogens (tertiary/aromatic N) is 2. The Morgan fingerprint density at radius 2 is 1.95 bits per heavy atom. The number of pyridine rings is 1. The number of aliphatic hydroxyl groups is 1. The summed E-state index contributed by atoms with van der Waals surface area (Å²) in [7, 11) is 2.00. The molecule has 1 heterocycles. The number of hydrogen-bond acceptors (Lipinski definition) is 3. The highest BCUT2D eigenvalue weighted by molar-refractivity contribution is 5.30. The molecule has 1 aromatic heterocycles. The van der Waals surface area contributed by atoms with Gasteiger partial charge in [-0.1, -0.05) is 18.2 Å². The number of halogens is 1. The van der Waals surface area contributed by atoms with Crippen LogP contribution in [0.5, 0.6) is 0 Å². The molecular weight excluding hydrogens is 255 g/mol. The monoisotopic (exact) mass is 274 g/mol. The second kappa shape index (κ2) is 7.12. The number of benzene rings is 1. The Morgan fingerprint density at radius 1 is 1.20 bits per heavy atom. The van der Waals surface area contributed by atoms with Crippen molar-refractivity contribution in [2.75, 3.05) is 20.2 Å². The summed E-state index contributed by atoms with van der Waals surface area (Å²) < 4.78 is 13.1. The first-order chi connectivity index (χ1) is 9.72. The van der Waals surface area contributed by atoms with E-state index in [4.69, 9.17) is 5.11 Å². The normalized spacial score (nSPS) is 12.6. The fourth-order valence-electron chi connectivity index (χ4n) is 2.33. The summed E-state index contributed by atoms with van der Waals surface area (Å²) in [4.78, 5) is 6.30. The minimum Gasteiger partial charge on any atom is -0.396 e. The molecule has 0 aliphatic rings. The molecule has 2 aromatic rings. The van der Waals surface area contributed by atoms with E-state index in [9.17, 15) is 4.39 Å². The number of aromatic nitrogens is 1. The Bertz CT molecular complexity index is 516. The summed E-state index contributed by atoms with van der Waals surface area (Å²) in [5, 5.41) is 8.99. The van der Waals surface area contributed by atoms with Crippen LogP contribution >= 0.6 is 0 Å². The fraction of sp³-hybridized carbons (Fsp3) is 0.312. The van der Waals surface area contributed by atoms with E-state index in [1.54, 1.807) is 18.3 Å². The van der Waals surface area contributed by atoms with Gasteiger partial charge in [0.25, 0.3) is 0 Å². The largest absolute Gasteiger partial charge is 0.396 e. The minimum atomic E-state index is -0.239. The molecule has 0 aliphatic carbocycles. The second-order valence-corrected chi connectivity index (χ2v) is 4.80. The van der Waals surface area contributed by atoms with Gasteiger partial charge < -0.3 is 5.11 Å². The lowest BCUT2D eigenvalue weighted by Crippen LogP contribution is -2.27. The molecule has 0 bridgehead atoms. The molecule has 3 nitrogen and oxygen atoms in total. The molecule has 0 radical (unpaired) electrons. The maximum atomic E-state index is 13.1. The van der Waals surface area contributed by atoms with E-state index in [-0.39, 0.29) is 18.5 Å². The van der Waals surface area contributed by atoms with Gasteiger partial charge in [-0.3, -0.25) is 9.88 Å². The van der Waals surface area contributed by atoms with E-state index in [1.165, 1.54) is 12.1 Å². The van der Waals surface area contributed by atoms with Gasteiger partial charge in [0.05, 0.1) is 6.04 Å². The van der Waals surface area contributed by atoms with Crippen molar-refractivity contribution in [1.29, 1.82) is 0 Å². The smallest absolute Gasteiger partial charge is 0.123 e. The summed E-state index contributed by atoms with van der Waals surface area (Å²) in [5.41, 5.74) is 2.07. The highest BCUT2D eigenvalue weighted by Crippen LogP contribution is 2.27. The Morgan fingerprint density at radius 3 is 2.55 bits per heavy atom. The van der Waals surface area contributed by atoms with Gasteiger partial charge in [-0.25, -0.2) is 4.39 Å². The third-order valence-corrected chi connectivity index (χ3v) is 3.30. The number of rotatable bonds is 6. The predicted molar refractivity (Wildman–Crippen MR) is 76.8 cm³/mol. The zero-order valence-electron chi connectivity index (χ0n) is 11.5. The summed E-state index contributed by atoms with van der Waals surface area (Å²) in [6.45, 7) is 0.918. The molecule has 106 valence electrons. The first-order valence-electron chi connectivity index (χ1n) is 6.69. The van der Waals surface area contributed by atoms with Crippen molar-refractivity contribution in [3.63, 3.8) is 0 Å². The van der Waals surface area contributed by atoms with Crippen LogP contribution in [0.3, 0.4) is 0 Å². The highest BCUT2D eigenvalue weighted by Gasteiger charge is 2.19. The Labute approximate surface area is 118 Å². The van der Waals surface area contributed by atoms with E-state index in [0.29, 0.717) is 6.42 Å². The van der Waals surface area contributed by atoms with Gasteiger partial charge in [-0.05, 0) is 42.8 Å².